The van der Waals surface area contributed by atoms with Crippen molar-refractivity contribution in [2.45, 2.75) is 45.4 Å². The molecule has 0 fully saturated rings. The summed E-state index contributed by atoms with van der Waals surface area (Å²) in [6, 6.07) is 6.78. The number of rotatable bonds is 4. The Morgan fingerprint density at radius 3 is 3.00 bits per heavy atom. The van der Waals surface area contributed by atoms with Crippen LogP contribution >= 0.6 is 0 Å². The van der Waals surface area contributed by atoms with Gasteiger partial charge in [0.2, 0.25) is 0 Å². The van der Waals surface area contributed by atoms with E-state index in [4.69, 9.17) is 0 Å². The van der Waals surface area contributed by atoms with Crippen molar-refractivity contribution in [3.63, 3.8) is 0 Å². The molecule has 0 unspecified atom stereocenters. The fourth-order valence-corrected chi connectivity index (χ4v) is 2.32. The van der Waals surface area contributed by atoms with E-state index in [1.165, 1.54) is 44.1 Å². The van der Waals surface area contributed by atoms with Gasteiger partial charge in [0, 0.05) is 0 Å². The van der Waals surface area contributed by atoms with Gasteiger partial charge in [-0.1, -0.05) is 38.0 Å². The predicted molar refractivity (Wildman–Crippen MR) is 61.4 cm³/mol. The van der Waals surface area contributed by atoms with Gasteiger partial charge in [-0.25, -0.2) is 0 Å². The largest absolute Gasteiger partial charge is 0.0654 e. The second kappa shape index (κ2) is 4.63. The highest BCUT2D eigenvalue weighted by Crippen LogP contribution is 2.27. The monoisotopic (exact) mass is 187 g/mol. The summed E-state index contributed by atoms with van der Waals surface area (Å²) in [5, 5.41) is 0. The Bertz CT molecular complexity index is 299. The van der Waals surface area contributed by atoms with Gasteiger partial charge in [-0.2, -0.15) is 0 Å². The van der Waals surface area contributed by atoms with Crippen molar-refractivity contribution in [2.24, 2.45) is 0 Å². The predicted octanol–water partition coefficient (Wildman–Crippen LogP) is 3.92. The molecule has 2 rings (SSSR count). The lowest BCUT2D eigenvalue weighted by Gasteiger charge is -2.07. The van der Waals surface area contributed by atoms with E-state index < -0.39 is 0 Å². The van der Waals surface area contributed by atoms with Gasteiger partial charge in [0.1, 0.15) is 0 Å². The van der Waals surface area contributed by atoms with Crippen molar-refractivity contribution >= 4 is 0 Å². The summed E-state index contributed by atoms with van der Waals surface area (Å²) in [7, 11) is 0. The van der Waals surface area contributed by atoms with Gasteiger partial charge in [0.25, 0.3) is 0 Å². The molecule has 1 aromatic carbocycles. The van der Waals surface area contributed by atoms with Gasteiger partial charge in [0.15, 0.2) is 0 Å². The van der Waals surface area contributed by atoms with Crippen LogP contribution in [0.25, 0.3) is 0 Å². The first-order valence-electron chi connectivity index (χ1n) is 5.86. The number of fused-ring (bicyclic) bond motifs is 1. The van der Waals surface area contributed by atoms with Crippen LogP contribution < -0.4 is 0 Å². The number of benzene rings is 1. The summed E-state index contributed by atoms with van der Waals surface area (Å²) in [5.41, 5.74) is 4.73. The van der Waals surface area contributed by atoms with E-state index in [1.807, 2.05) is 0 Å². The van der Waals surface area contributed by atoms with E-state index in [2.05, 4.69) is 31.5 Å². The fraction of sp³-hybridized carbons (Fsp3) is 0.500. The molecule has 1 aliphatic carbocycles. The lowest BCUT2D eigenvalue weighted by molar-refractivity contribution is 0.714. The van der Waals surface area contributed by atoms with Crippen LogP contribution in [-0.4, -0.2) is 0 Å². The third-order valence-corrected chi connectivity index (χ3v) is 3.12. The molecule has 0 heterocycles. The molecule has 0 aliphatic heterocycles. The first-order valence-corrected chi connectivity index (χ1v) is 5.86. The van der Waals surface area contributed by atoms with Crippen molar-refractivity contribution in [2.75, 3.05) is 0 Å². The second-order valence-corrected chi connectivity index (χ2v) is 4.18. The van der Waals surface area contributed by atoms with Crippen LogP contribution in [0.2, 0.25) is 0 Å². The third-order valence-electron chi connectivity index (χ3n) is 3.12. The molecule has 0 saturated carbocycles. The van der Waals surface area contributed by atoms with E-state index in [9.17, 15) is 0 Å². The van der Waals surface area contributed by atoms with Crippen molar-refractivity contribution < 1.29 is 0 Å². The average molecular weight is 187 g/mol. The molecule has 0 saturated heterocycles. The van der Waals surface area contributed by atoms with E-state index in [0.29, 0.717) is 0 Å². The van der Waals surface area contributed by atoms with E-state index in [-0.39, 0.29) is 0 Å². The van der Waals surface area contributed by atoms with Crippen LogP contribution in [-0.2, 0) is 12.8 Å². The fourth-order valence-electron chi connectivity index (χ4n) is 2.32. The molecule has 75 valence electrons. The lowest BCUT2D eigenvalue weighted by atomic mass is 9.98. The molecule has 1 aromatic rings. The second-order valence-electron chi connectivity index (χ2n) is 4.18. The van der Waals surface area contributed by atoms with Crippen molar-refractivity contribution in [3.8, 4) is 0 Å². The summed E-state index contributed by atoms with van der Waals surface area (Å²) in [5.74, 6) is 0. The van der Waals surface area contributed by atoms with Gasteiger partial charge in [-0.05, 0) is 48.8 Å². The zero-order valence-corrected chi connectivity index (χ0v) is 9.05. The highest BCUT2D eigenvalue weighted by Gasteiger charge is 2.13. The molecule has 0 aromatic heterocycles. The minimum atomic E-state index is 1.25. The summed E-state index contributed by atoms with van der Waals surface area (Å²) in [6.45, 7) is 2.27. The number of hydrogen-bond acceptors (Lipinski definition) is 0. The Morgan fingerprint density at radius 1 is 1.21 bits per heavy atom. The molecular weight excluding hydrogens is 168 g/mol. The van der Waals surface area contributed by atoms with Crippen LogP contribution in [0.1, 0.15) is 49.3 Å². The Morgan fingerprint density at radius 2 is 2.14 bits per heavy atom. The molecule has 0 N–H and O–H groups in total. The number of unbranched alkanes of at least 4 members (excludes halogenated alkanes) is 2. The number of hydrogen-bond donors (Lipinski definition) is 0. The van der Waals surface area contributed by atoms with Crippen LogP contribution in [0.4, 0.5) is 0 Å². The van der Waals surface area contributed by atoms with Gasteiger partial charge in [-0.3, -0.25) is 0 Å². The Kier molecular flexibility index (Phi) is 3.23. The van der Waals surface area contributed by atoms with Crippen LogP contribution in [0.15, 0.2) is 18.2 Å². The smallest absolute Gasteiger partial charge is 0.00869 e. The van der Waals surface area contributed by atoms with Crippen LogP contribution in [0.5, 0.6) is 0 Å². The highest BCUT2D eigenvalue weighted by molar-refractivity contribution is 5.43. The van der Waals surface area contributed by atoms with E-state index >= 15 is 0 Å². The molecule has 1 aliphatic rings. The quantitative estimate of drug-likeness (QED) is 0.627. The Balaban J connectivity index is 2.06. The molecule has 14 heavy (non-hydrogen) atoms. The molecule has 0 heteroatoms. The maximum Gasteiger partial charge on any atom is -0.00869 e. The highest BCUT2D eigenvalue weighted by atomic mass is 14.2. The average Bonchev–Trinajstić information content (AvgIpc) is 2.67. The topological polar surface area (TPSA) is 0 Å². The first kappa shape index (κ1) is 9.76. The standard InChI is InChI=1S/C14H19/c1-2-3-4-7-12-8-5-9-13-10-6-11-14(12)13/h5,8-10H,2-4,6-7,11H2,1H3. The molecule has 0 atom stereocenters. The minimum absolute atomic E-state index is 1.25. The van der Waals surface area contributed by atoms with Crippen LogP contribution in [0.3, 0.4) is 0 Å². The first-order chi connectivity index (χ1) is 6.92. The Labute approximate surface area is 87.3 Å². The maximum atomic E-state index is 2.37. The minimum Gasteiger partial charge on any atom is -0.0654 e. The molecule has 0 amide bonds. The summed E-state index contributed by atoms with van der Waals surface area (Å²) >= 11 is 0. The summed E-state index contributed by atoms with van der Waals surface area (Å²) in [4.78, 5) is 0. The molecule has 0 nitrogen and oxygen atoms in total. The van der Waals surface area contributed by atoms with Gasteiger partial charge in [-0.15, -0.1) is 0 Å². The molecular formula is C14H19. The normalized spacial score (nSPS) is 14.4. The summed E-state index contributed by atoms with van der Waals surface area (Å²) in [6.07, 6.45) is 10.2. The van der Waals surface area contributed by atoms with E-state index in [0.717, 1.165) is 0 Å². The zero-order valence-electron chi connectivity index (χ0n) is 9.05. The van der Waals surface area contributed by atoms with Crippen molar-refractivity contribution in [1.29, 1.82) is 0 Å². The van der Waals surface area contributed by atoms with Crippen molar-refractivity contribution in [3.05, 3.63) is 41.3 Å². The van der Waals surface area contributed by atoms with Gasteiger partial charge < -0.3 is 0 Å². The third kappa shape index (κ3) is 2.00. The SMILES string of the molecule is CCCCCc1cccc2c1CC[CH]2. The number of aryl methyl sites for hydroxylation is 1. The van der Waals surface area contributed by atoms with Gasteiger partial charge in [0.05, 0.1) is 0 Å². The van der Waals surface area contributed by atoms with Crippen molar-refractivity contribution in [1.82, 2.24) is 0 Å². The molecule has 0 bridgehead atoms. The van der Waals surface area contributed by atoms with Gasteiger partial charge >= 0.3 is 0 Å². The molecule has 0 spiro atoms. The maximum absolute atomic E-state index is 2.37. The molecule has 1 radical (unpaired) electrons. The summed E-state index contributed by atoms with van der Waals surface area (Å²) < 4.78 is 0. The lowest BCUT2D eigenvalue weighted by Crippen LogP contribution is -1.93. The Hall–Kier alpha value is -0.780. The van der Waals surface area contributed by atoms with E-state index in [1.54, 1.807) is 11.1 Å². The van der Waals surface area contributed by atoms with Crippen LogP contribution in [0, 0.1) is 6.42 Å². The zero-order chi connectivity index (χ0) is 9.80.